The minimum Gasteiger partial charge on any atom is -0.315 e. The molecule has 1 aliphatic rings. The Balaban J connectivity index is 0.00000161. The monoisotopic (exact) mass is 349 g/mol. The van der Waals surface area contributed by atoms with Crippen molar-refractivity contribution in [3.8, 4) is 0 Å². The molecule has 0 saturated carbocycles. The molecular weight excluding hydrogens is 326 g/mol. The fraction of sp³-hybridized carbons (Fsp3) is 0.471. The molecule has 3 rings (SSSR count). The lowest BCUT2D eigenvalue weighted by Gasteiger charge is -2.27. The molecule has 1 fully saturated rings. The number of benzene rings is 1. The molecule has 1 saturated heterocycles. The second kappa shape index (κ2) is 7.34. The number of nitrogens with one attached hydrogen (secondary N) is 1. The highest BCUT2D eigenvalue weighted by atomic mass is 79.9. The van der Waals surface area contributed by atoms with Crippen molar-refractivity contribution in [3.05, 3.63) is 40.6 Å². The zero-order valence-electron chi connectivity index (χ0n) is 11.8. The van der Waals surface area contributed by atoms with Gasteiger partial charge in [0.05, 0.1) is 0 Å². The van der Waals surface area contributed by atoms with E-state index in [2.05, 4.69) is 56.3 Å². The number of hydrogen-bond donors (Lipinski definition) is 1. The Bertz CT molecular complexity index is 600. The van der Waals surface area contributed by atoms with Crippen molar-refractivity contribution in [2.45, 2.75) is 33.4 Å². The van der Waals surface area contributed by atoms with Gasteiger partial charge < -0.3 is 5.32 Å². The van der Waals surface area contributed by atoms with Gasteiger partial charge in [0.15, 0.2) is 0 Å². The van der Waals surface area contributed by atoms with Crippen LogP contribution in [0.25, 0.3) is 10.8 Å². The van der Waals surface area contributed by atoms with Gasteiger partial charge in [0.25, 0.3) is 0 Å². The largest absolute Gasteiger partial charge is 0.315 e. The average Bonchev–Trinajstić information content (AvgIpc) is 2.67. The average molecular weight is 350 g/mol. The van der Waals surface area contributed by atoms with Gasteiger partial charge in [-0.05, 0) is 52.8 Å². The van der Waals surface area contributed by atoms with Crippen molar-refractivity contribution in [1.29, 1.82) is 0 Å². The first-order chi connectivity index (χ1) is 9.75. The molecule has 0 unspecified atom stereocenters. The van der Waals surface area contributed by atoms with Crippen LogP contribution in [0.15, 0.2) is 35.1 Å². The zero-order chi connectivity index (χ0) is 13.9. The van der Waals surface area contributed by atoms with E-state index in [0.717, 1.165) is 26.2 Å². The summed E-state index contributed by atoms with van der Waals surface area (Å²) in [5.74, 6) is 0. The van der Waals surface area contributed by atoms with E-state index in [9.17, 15) is 0 Å². The smallest absolute Gasteiger partial charge is 0.0346 e. The van der Waals surface area contributed by atoms with Gasteiger partial charge in [-0.1, -0.05) is 19.6 Å². The lowest BCUT2D eigenvalue weighted by atomic mass is 10.1. The molecule has 1 aliphatic heterocycles. The Labute approximate surface area is 135 Å². The zero-order valence-corrected chi connectivity index (χ0v) is 13.4. The van der Waals surface area contributed by atoms with Crippen LogP contribution in [0.5, 0.6) is 0 Å². The number of rotatable bonds is 2. The second-order valence-corrected chi connectivity index (χ2v) is 6.31. The Morgan fingerprint density at radius 1 is 1.38 bits per heavy atom. The maximum absolute atomic E-state index is 4.18. The van der Waals surface area contributed by atoms with Crippen LogP contribution in [-0.4, -0.2) is 35.6 Å². The molecule has 1 N–H and O–H groups in total. The lowest BCUT2D eigenvalue weighted by Crippen LogP contribution is -2.36. The van der Waals surface area contributed by atoms with Gasteiger partial charge in [-0.25, -0.2) is 0 Å². The molecule has 0 radical (unpaired) electrons. The quantitative estimate of drug-likeness (QED) is 0.893. The van der Waals surface area contributed by atoms with Gasteiger partial charge in [-0.15, -0.1) is 0 Å². The van der Waals surface area contributed by atoms with Crippen molar-refractivity contribution in [2.75, 3.05) is 19.6 Å². The molecule has 0 spiro atoms. The second-order valence-electron chi connectivity index (χ2n) is 5.51. The summed E-state index contributed by atoms with van der Waals surface area (Å²) in [4.78, 5) is 6.75. The van der Waals surface area contributed by atoms with Crippen LogP contribution in [-0.2, 0) is 6.54 Å². The summed E-state index contributed by atoms with van der Waals surface area (Å²) in [5, 5.41) is 5.93. The van der Waals surface area contributed by atoms with Gasteiger partial charge in [0.1, 0.15) is 0 Å². The molecule has 3 nitrogen and oxygen atoms in total. The highest BCUT2D eigenvalue weighted by molar-refractivity contribution is 9.10. The third-order valence-corrected chi connectivity index (χ3v) is 5.01. The third-order valence-electron chi connectivity index (χ3n) is 4.07. The van der Waals surface area contributed by atoms with E-state index < -0.39 is 0 Å². The molecule has 0 aliphatic carbocycles. The Morgan fingerprint density at radius 2 is 2.24 bits per heavy atom. The topological polar surface area (TPSA) is 28.2 Å². The van der Waals surface area contributed by atoms with Crippen LogP contribution in [0, 0.1) is 0 Å². The summed E-state index contributed by atoms with van der Waals surface area (Å²) in [7, 11) is 0. The number of pyridine rings is 1. The molecule has 21 heavy (non-hydrogen) atoms. The van der Waals surface area contributed by atoms with E-state index >= 15 is 0 Å². The summed E-state index contributed by atoms with van der Waals surface area (Å²) < 4.78 is 1.21. The van der Waals surface area contributed by atoms with Gasteiger partial charge in [0.2, 0.25) is 0 Å². The summed E-state index contributed by atoms with van der Waals surface area (Å²) in [5.41, 5.74) is 1.36. The van der Waals surface area contributed by atoms with E-state index in [1.54, 1.807) is 0 Å². The van der Waals surface area contributed by atoms with Gasteiger partial charge >= 0.3 is 0 Å². The molecule has 1 atom stereocenters. The molecule has 0 amide bonds. The minimum atomic E-state index is 0. The Morgan fingerprint density at radius 3 is 3.10 bits per heavy atom. The summed E-state index contributed by atoms with van der Waals surface area (Å²) >= 11 is 3.78. The fourth-order valence-corrected chi connectivity index (χ4v) is 3.44. The highest BCUT2D eigenvalue weighted by Crippen LogP contribution is 2.28. The number of hydrogen-bond acceptors (Lipinski definition) is 3. The van der Waals surface area contributed by atoms with Crippen molar-refractivity contribution in [3.63, 3.8) is 0 Å². The van der Waals surface area contributed by atoms with Gasteiger partial charge in [0, 0.05) is 47.9 Å². The first kappa shape index (κ1) is 16.4. The first-order valence-electron chi connectivity index (χ1n) is 7.21. The molecule has 2 heterocycles. The molecular formula is C17H24BrN3. The number of aromatic nitrogens is 1. The van der Waals surface area contributed by atoms with Crippen molar-refractivity contribution in [1.82, 2.24) is 15.2 Å². The van der Waals surface area contributed by atoms with Crippen LogP contribution in [0.1, 0.15) is 26.3 Å². The van der Waals surface area contributed by atoms with E-state index in [1.807, 2.05) is 12.4 Å². The number of fused-ring (bicyclic) bond motifs is 1. The van der Waals surface area contributed by atoms with E-state index in [0.29, 0.717) is 6.04 Å². The molecule has 1 aromatic carbocycles. The molecule has 1 aromatic heterocycles. The predicted molar refractivity (Wildman–Crippen MR) is 93.5 cm³/mol. The molecule has 114 valence electrons. The predicted octanol–water partition coefficient (Wildman–Crippen LogP) is 3.82. The summed E-state index contributed by atoms with van der Waals surface area (Å²) in [6.45, 7) is 6.67. The molecule has 2 aromatic rings. The van der Waals surface area contributed by atoms with Crippen LogP contribution in [0.2, 0.25) is 0 Å². The highest BCUT2D eigenvalue weighted by Gasteiger charge is 2.18. The van der Waals surface area contributed by atoms with Crippen molar-refractivity contribution in [2.24, 2.45) is 0 Å². The maximum Gasteiger partial charge on any atom is 0.0346 e. The van der Waals surface area contributed by atoms with E-state index in [1.165, 1.54) is 27.2 Å². The molecule has 4 heteroatoms. The SMILES string of the molecule is C.C[C@@H]1CNCCCN1Cc1ccc2cnccc2c1Br. The number of nitrogens with zero attached hydrogens (tertiary/aromatic N) is 2. The van der Waals surface area contributed by atoms with Crippen LogP contribution >= 0.6 is 15.9 Å². The summed E-state index contributed by atoms with van der Waals surface area (Å²) in [6.07, 6.45) is 5.00. The molecule has 0 bridgehead atoms. The standard InChI is InChI=1S/C16H20BrN3.CH4/c1-12-9-18-6-2-8-20(12)11-14-4-3-13-10-19-7-5-15(13)16(14)17;/h3-5,7,10,12,18H,2,6,8-9,11H2,1H3;1H4/t12-;/m1./s1. The normalized spacial score (nSPS) is 20.0. The van der Waals surface area contributed by atoms with Crippen LogP contribution in [0.3, 0.4) is 0 Å². The Hall–Kier alpha value is -0.970. The van der Waals surface area contributed by atoms with Gasteiger partial charge in [-0.3, -0.25) is 9.88 Å². The first-order valence-corrected chi connectivity index (χ1v) is 8.01. The maximum atomic E-state index is 4.18. The minimum absolute atomic E-state index is 0. The summed E-state index contributed by atoms with van der Waals surface area (Å²) in [6, 6.07) is 7.05. The van der Waals surface area contributed by atoms with Crippen molar-refractivity contribution < 1.29 is 0 Å². The lowest BCUT2D eigenvalue weighted by molar-refractivity contribution is 0.213. The van der Waals surface area contributed by atoms with E-state index in [-0.39, 0.29) is 7.43 Å². The fourth-order valence-electron chi connectivity index (χ4n) is 2.82. The third kappa shape index (κ3) is 3.62. The van der Waals surface area contributed by atoms with Crippen LogP contribution in [0.4, 0.5) is 0 Å². The number of halogens is 1. The van der Waals surface area contributed by atoms with Crippen LogP contribution < -0.4 is 5.32 Å². The van der Waals surface area contributed by atoms with Crippen molar-refractivity contribution >= 4 is 26.7 Å². The van der Waals surface area contributed by atoms with Gasteiger partial charge in [-0.2, -0.15) is 0 Å². The Kier molecular flexibility index (Phi) is 5.73. The van der Waals surface area contributed by atoms with E-state index in [4.69, 9.17) is 0 Å².